The Morgan fingerprint density at radius 2 is 1.97 bits per heavy atom. The Kier molecular flexibility index (Phi) is 4.99. The number of amides is 1. The van der Waals surface area contributed by atoms with Gasteiger partial charge in [0.1, 0.15) is 16.1 Å². The number of ether oxygens (including phenoxy) is 1. The molecule has 0 spiro atoms. The van der Waals surface area contributed by atoms with Gasteiger partial charge in [0, 0.05) is 38.4 Å². The lowest BCUT2D eigenvalue weighted by Gasteiger charge is -2.34. The molecule has 1 aromatic carbocycles. The average molecular weight is 436 g/mol. The number of piperazine rings is 1. The van der Waals surface area contributed by atoms with E-state index in [9.17, 15) is 4.79 Å². The summed E-state index contributed by atoms with van der Waals surface area (Å²) in [6.45, 7) is 4.50. The zero-order chi connectivity index (χ0) is 21.4. The summed E-state index contributed by atoms with van der Waals surface area (Å²) >= 11 is 1.58. The van der Waals surface area contributed by atoms with Crippen LogP contribution in [0.15, 0.2) is 42.6 Å². The number of pyridine rings is 1. The number of carbonyl (C=O) groups excluding carboxylic acids is 1. The molecule has 9 nitrogen and oxygen atoms in total. The third kappa shape index (κ3) is 3.59. The van der Waals surface area contributed by atoms with E-state index in [1.807, 2.05) is 48.2 Å². The number of rotatable bonds is 4. The molecule has 1 fully saturated rings. The molecule has 5 rings (SSSR count). The van der Waals surface area contributed by atoms with Crippen molar-refractivity contribution < 1.29 is 9.53 Å². The molecule has 0 atom stereocenters. The van der Waals surface area contributed by atoms with Crippen LogP contribution in [-0.4, -0.2) is 69.1 Å². The lowest BCUT2D eigenvalue weighted by atomic mass is 10.2. The second kappa shape index (κ2) is 7.95. The number of nitrogens with zero attached hydrogens (tertiary/aromatic N) is 7. The largest absolute Gasteiger partial charge is 0.497 e. The molecule has 0 radical (unpaired) electrons. The second-order valence-electron chi connectivity index (χ2n) is 7.24. The molecular formula is C21H21N7O2S. The third-order valence-corrected chi connectivity index (χ3v) is 6.43. The van der Waals surface area contributed by atoms with Crippen LogP contribution in [0.25, 0.3) is 16.0 Å². The number of carbonyl (C=O) groups is 1. The summed E-state index contributed by atoms with van der Waals surface area (Å²) in [5, 5.41) is 9.32. The number of fused-ring (bicyclic) bond motifs is 1. The molecule has 0 unspecified atom stereocenters. The first-order valence-corrected chi connectivity index (χ1v) is 10.8. The number of benzene rings is 1. The number of hydrogen-bond donors (Lipinski definition) is 0. The SMILES string of the molecule is COc1cccc(-n2nnc(C(=O)N3CCN(c4nc5cccnc5s4)CC3)c2C)c1. The highest BCUT2D eigenvalue weighted by molar-refractivity contribution is 7.21. The monoisotopic (exact) mass is 435 g/mol. The molecule has 1 amide bonds. The van der Waals surface area contributed by atoms with E-state index in [4.69, 9.17) is 4.74 Å². The molecule has 1 saturated heterocycles. The molecule has 1 aliphatic rings. The molecule has 0 saturated carbocycles. The van der Waals surface area contributed by atoms with Crippen molar-refractivity contribution in [3.05, 3.63) is 54.0 Å². The number of thiazole rings is 1. The Morgan fingerprint density at radius 1 is 1.13 bits per heavy atom. The van der Waals surface area contributed by atoms with Gasteiger partial charge in [0.25, 0.3) is 5.91 Å². The smallest absolute Gasteiger partial charge is 0.276 e. The minimum Gasteiger partial charge on any atom is -0.497 e. The first kappa shape index (κ1) is 19.4. The second-order valence-corrected chi connectivity index (χ2v) is 8.20. The summed E-state index contributed by atoms with van der Waals surface area (Å²) in [5.74, 6) is 0.624. The molecule has 0 bridgehead atoms. The Balaban J connectivity index is 1.30. The van der Waals surface area contributed by atoms with Gasteiger partial charge in [-0.25, -0.2) is 14.6 Å². The maximum Gasteiger partial charge on any atom is 0.276 e. The Morgan fingerprint density at radius 3 is 2.74 bits per heavy atom. The summed E-state index contributed by atoms with van der Waals surface area (Å²) < 4.78 is 6.95. The first-order chi connectivity index (χ1) is 15.1. The molecule has 0 aliphatic carbocycles. The van der Waals surface area contributed by atoms with Crippen LogP contribution in [0.2, 0.25) is 0 Å². The molecule has 4 aromatic rings. The standard InChI is InChI=1S/C21H21N7O2S/c1-14-18(24-25-28(14)15-5-3-6-16(13-15)30-2)20(29)26-9-11-27(12-10-26)21-23-17-7-4-8-22-19(17)31-21/h3-8,13H,9-12H2,1-2H3. The van der Waals surface area contributed by atoms with E-state index < -0.39 is 0 Å². The van der Waals surface area contributed by atoms with Gasteiger partial charge in [-0.05, 0) is 31.2 Å². The van der Waals surface area contributed by atoms with Crippen molar-refractivity contribution in [1.29, 1.82) is 0 Å². The normalized spacial score (nSPS) is 14.3. The highest BCUT2D eigenvalue weighted by Crippen LogP contribution is 2.28. The molecule has 31 heavy (non-hydrogen) atoms. The molecular weight excluding hydrogens is 414 g/mol. The summed E-state index contributed by atoms with van der Waals surface area (Å²) in [4.78, 5) is 27.1. The van der Waals surface area contributed by atoms with Crippen molar-refractivity contribution in [2.45, 2.75) is 6.92 Å². The molecule has 10 heteroatoms. The fraction of sp³-hybridized carbons (Fsp3) is 0.286. The van der Waals surface area contributed by atoms with Crippen LogP contribution in [0.4, 0.5) is 5.13 Å². The van der Waals surface area contributed by atoms with E-state index >= 15 is 0 Å². The molecule has 158 valence electrons. The van der Waals surface area contributed by atoms with Crippen molar-refractivity contribution in [3.63, 3.8) is 0 Å². The summed E-state index contributed by atoms with van der Waals surface area (Å²) in [7, 11) is 1.62. The zero-order valence-electron chi connectivity index (χ0n) is 17.2. The predicted molar refractivity (Wildman–Crippen MR) is 118 cm³/mol. The van der Waals surface area contributed by atoms with Gasteiger partial charge in [-0.1, -0.05) is 22.6 Å². The van der Waals surface area contributed by atoms with Crippen LogP contribution in [0.1, 0.15) is 16.2 Å². The molecule has 1 aliphatic heterocycles. The maximum atomic E-state index is 13.1. The van der Waals surface area contributed by atoms with E-state index in [2.05, 4.69) is 25.2 Å². The quantitative estimate of drug-likeness (QED) is 0.487. The van der Waals surface area contributed by atoms with E-state index in [0.29, 0.717) is 37.6 Å². The molecule has 4 heterocycles. The number of methoxy groups -OCH3 is 1. The molecule has 0 N–H and O–H groups in total. The van der Waals surface area contributed by atoms with Crippen molar-refractivity contribution in [1.82, 2.24) is 29.9 Å². The Labute approximate surface area is 182 Å². The third-order valence-electron chi connectivity index (χ3n) is 5.39. The van der Waals surface area contributed by atoms with Gasteiger partial charge in [-0.2, -0.15) is 0 Å². The van der Waals surface area contributed by atoms with Gasteiger partial charge in [0.15, 0.2) is 10.8 Å². The zero-order valence-corrected chi connectivity index (χ0v) is 18.0. The summed E-state index contributed by atoms with van der Waals surface area (Å²) in [6.07, 6.45) is 1.78. The van der Waals surface area contributed by atoms with Crippen LogP contribution in [-0.2, 0) is 0 Å². The van der Waals surface area contributed by atoms with Gasteiger partial charge in [-0.15, -0.1) is 5.10 Å². The minimum atomic E-state index is -0.0998. The fourth-order valence-electron chi connectivity index (χ4n) is 3.66. The van der Waals surface area contributed by atoms with E-state index in [1.165, 1.54) is 0 Å². The van der Waals surface area contributed by atoms with Crippen molar-refractivity contribution in [2.75, 3.05) is 38.2 Å². The minimum absolute atomic E-state index is 0.0998. The highest BCUT2D eigenvalue weighted by atomic mass is 32.1. The van der Waals surface area contributed by atoms with E-state index in [1.54, 1.807) is 29.3 Å². The predicted octanol–water partition coefficient (Wildman–Crippen LogP) is 2.55. The maximum absolute atomic E-state index is 13.1. The van der Waals surface area contributed by atoms with Crippen LogP contribution in [0, 0.1) is 6.92 Å². The van der Waals surface area contributed by atoms with Crippen molar-refractivity contribution in [2.24, 2.45) is 0 Å². The van der Waals surface area contributed by atoms with Crippen molar-refractivity contribution in [3.8, 4) is 11.4 Å². The lowest BCUT2D eigenvalue weighted by Crippen LogP contribution is -2.49. The Bertz CT molecular complexity index is 1210. The Hall–Kier alpha value is -3.53. The topological polar surface area (TPSA) is 89.3 Å². The van der Waals surface area contributed by atoms with Gasteiger partial charge < -0.3 is 14.5 Å². The number of aromatic nitrogens is 5. The molecule has 3 aromatic heterocycles. The van der Waals surface area contributed by atoms with Crippen LogP contribution >= 0.6 is 11.3 Å². The number of anilines is 1. The van der Waals surface area contributed by atoms with Gasteiger partial charge >= 0.3 is 0 Å². The van der Waals surface area contributed by atoms with Gasteiger partial charge in [0.2, 0.25) is 0 Å². The van der Waals surface area contributed by atoms with Crippen molar-refractivity contribution >= 4 is 32.7 Å². The summed E-state index contributed by atoms with van der Waals surface area (Å²) in [5.41, 5.74) is 2.79. The fourth-order valence-corrected chi connectivity index (χ4v) is 4.62. The summed E-state index contributed by atoms with van der Waals surface area (Å²) in [6, 6.07) is 11.4. The average Bonchev–Trinajstić information content (AvgIpc) is 3.42. The first-order valence-electron chi connectivity index (χ1n) is 9.96. The van der Waals surface area contributed by atoms with Gasteiger partial charge in [0.05, 0.1) is 18.5 Å². The van der Waals surface area contributed by atoms with Crippen LogP contribution in [0.3, 0.4) is 0 Å². The number of hydrogen-bond acceptors (Lipinski definition) is 8. The lowest BCUT2D eigenvalue weighted by molar-refractivity contribution is 0.0740. The highest BCUT2D eigenvalue weighted by Gasteiger charge is 2.27. The van der Waals surface area contributed by atoms with E-state index in [-0.39, 0.29) is 5.91 Å². The van der Waals surface area contributed by atoms with E-state index in [0.717, 1.165) is 26.9 Å². The van der Waals surface area contributed by atoms with Crippen LogP contribution < -0.4 is 9.64 Å². The van der Waals surface area contributed by atoms with Crippen LogP contribution in [0.5, 0.6) is 5.75 Å². The van der Waals surface area contributed by atoms with Gasteiger partial charge in [-0.3, -0.25) is 4.79 Å².